The molecule has 0 aromatic heterocycles. The van der Waals surface area contributed by atoms with E-state index in [2.05, 4.69) is 5.32 Å². The quantitative estimate of drug-likeness (QED) is 0.398. The predicted octanol–water partition coefficient (Wildman–Crippen LogP) is 4.24. The molecule has 2 aromatic carbocycles. The van der Waals surface area contributed by atoms with Crippen LogP contribution in [0.1, 0.15) is 23.2 Å². The maximum absolute atomic E-state index is 12.8. The summed E-state index contributed by atoms with van der Waals surface area (Å²) in [4.78, 5) is 51.2. The van der Waals surface area contributed by atoms with Crippen molar-refractivity contribution in [3.63, 3.8) is 0 Å². The second kappa shape index (κ2) is 9.14. The number of amides is 3. The van der Waals surface area contributed by atoms with Gasteiger partial charge in [0.25, 0.3) is 5.91 Å². The average Bonchev–Trinajstić information content (AvgIpc) is 3.05. The Kier molecular flexibility index (Phi) is 6.30. The molecule has 2 aromatic rings. The number of nitrogens with zero attached hydrogens (tertiary/aromatic N) is 1. The normalized spacial score (nSPS) is 19.6. The van der Waals surface area contributed by atoms with E-state index in [0.29, 0.717) is 24.2 Å². The summed E-state index contributed by atoms with van der Waals surface area (Å²) in [6.45, 7) is -0.552. The van der Waals surface area contributed by atoms with E-state index >= 15 is 0 Å². The van der Waals surface area contributed by atoms with E-state index in [1.165, 1.54) is 12.1 Å². The molecular weight excluding hydrogens is 455 g/mol. The van der Waals surface area contributed by atoms with Gasteiger partial charge in [-0.2, -0.15) is 0 Å². The van der Waals surface area contributed by atoms with Crippen molar-refractivity contribution in [1.29, 1.82) is 0 Å². The number of allylic oxidation sites excluding steroid dienone is 2. The molecule has 1 fully saturated rings. The zero-order chi connectivity index (χ0) is 22.8. The molecule has 9 heteroatoms. The first-order valence-electron chi connectivity index (χ1n) is 9.90. The first-order valence-corrected chi connectivity index (χ1v) is 10.7. The molecule has 1 heterocycles. The van der Waals surface area contributed by atoms with E-state index in [0.717, 1.165) is 4.90 Å². The SMILES string of the molecule is O=C(COC(=O)c1cccc(N2C(=O)[C@H]3CC=CC[C@@H]3C2=O)c1)Nc1cccc(Cl)c1Cl. The number of benzene rings is 2. The average molecular weight is 473 g/mol. The van der Waals surface area contributed by atoms with Gasteiger partial charge in [-0.15, -0.1) is 0 Å². The molecule has 4 rings (SSSR count). The Morgan fingerprint density at radius 3 is 2.34 bits per heavy atom. The Labute approximate surface area is 193 Å². The monoisotopic (exact) mass is 472 g/mol. The van der Waals surface area contributed by atoms with Crippen LogP contribution in [0.15, 0.2) is 54.6 Å². The number of carbonyl (C=O) groups is 4. The van der Waals surface area contributed by atoms with Crippen molar-refractivity contribution in [3.05, 3.63) is 70.2 Å². The molecule has 2 aliphatic rings. The minimum atomic E-state index is -0.766. The van der Waals surface area contributed by atoms with E-state index in [4.69, 9.17) is 27.9 Å². The summed E-state index contributed by atoms with van der Waals surface area (Å²) in [6.07, 6.45) is 4.87. The number of ether oxygens (including phenoxy) is 1. The minimum Gasteiger partial charge on any atom is -0.452 e. The number of hydrogen-bond donors (Lipinski definition) is 1. The first kappa shape index (κ1) is 22.0. The van der Waals surface area contributed by atoms with Crippen LogP contribution < -0.4 is 10.2 Å². The van der Waals surface area contributed by atoms with Crippen molar-refractivity contribution < 1.29 is 23.9 Å². The molecule has 1 aliphatic carbocycles. The van der Waals surface area contributed by atoms with Crippen LogP contribution in [0.4, 0.5) is 11.4 Å². The van der Waals surface area contributed by atoms with Gasteiger partial charge in [0, 0.05) is 0 Å². The summed E-state index contributed by atoms with van der Waals surface area (Å²) in [5, 5.41) is 2.97. The summed E-state index contributed by atoms with van der Waals surface area (Å²) in [6, 6.07) is 10.8. The van der Waals surface area contributed by atoms with Gasteiger partial charge in [0.2, 0.25) is 11.8 Å². The number of hydrogen-bond acceptors (Lipinski definition) is 5. The highest BCUT2D eigenvalue weighted by molar-refractivity contribution is 6.44. The highest BCUT2D eigenvalue weighted by Gasteiger charge is 2.47. The summed E-state index contributed by atoms with van der Waals surface area (Å²) in [7, 11) is 0. The minimum absolute atomic E-state index is 0.115. The van der Waals surface area contributed by atoms with E-state index < -0.39 is 18.5 Å². The molecule has 164 valence electrons. The fraction of sp³-hybridized carbons (Fsp3) is 0.217. The third-order valence-electron chi connectivity index (χ3n) is 5.41. The number of esters is 1. The smallest absolute Gasteiger partial charge is 0.338 e. The van der Waals surface area contributed by atoms with E-state index in [-0.39, 0.29) is 39.3 Å². The standard InChI is InChI=1S/C23H18Cl2N2O5/c24-17-9-4-10-18(20(17)25)26-19(28)12-32-23(31)13-5-3-6-14(11-13)27-21(29)15-7-1-2-8-16(15)22(27)30/h1-6,9-11,15-16H,7-8,12H2,(H,26,28)/t15-,16-/m0/s1. The molecule has 0 spiro atoms. The Morgan fingerprint density at radius 2 is 1.66 bits per heavy atom. The van der Waals surface area contributed by atoms with Crippen LogP contribution in [-0.4, -0.2) is 30.3 Å². The van der Waals surface area contributed by atoms with Crippen molar-refractivity contribution in [2.24, 2.45) is 11.8 Å². The van der Waals surface area contributed by atoms with Crippen LogP contribution in [-0.2, 0) is 19.1 Å². The summed E-state index contributed by atoms with van der Waals surface area (Å²) >= 11 is 11.9. The topological polar surface area (TPSA) is 92.8 Å². The molecule has 0 radical (unpaired) electrons. The van der Waals surface area contributed by atoms with Gasteiger partial charge in [-0.1, -0.05) is 47.5 Å². The zero-order valence-electron chi connectivity index (χ0n) is 16.7. The van der Waals surface area contributed by atoms with Gasteiger partial charge in [0.1, 0.15) is 0 Å². The van der Waals surface area contributed by atoms with Gasteiger partial charge >= 0.3 is 5.97 Å². The van der Waals surface area contributed by atoms with E-state index in [1.54, 1.807) is 30.3 Å². The molecule has 0 unspecified atom stereocenters. The number of anilines is 2. The number of nitrogens with one attached hydrogen (secondary N) is 1. The Hall–Kier alpha value is -3.16. The van der Waals surface area contributed by atoms with E-state index in [1.807, 2.05) is 12.2 Å². The second-order valence-electron chi connectivity index (χ2n) is 7.44. The van der Waals surface area contributed by atoms with Gasteiger partial charge in [0.05, 0.1) is 38.8 Å². The lowest BCUT2D eigenvalue weighted by atomic mass is 9.85. The molecule has 7 nitrogen and oxygen atoms in total. The largest absolute Gasteiger partial charge is 0.452 e. The zero-order valence-corrected chi connectivity index (χ0v) is 18.2. The van der Waals surface area contributed by atoms with Crippen molar-refractivity contribution in [3.8, 4) is 0 Å². The maximum atomic E-state index is 12.8. The third-order valence-corrected chi connectivity index (χ3v) is 6.23. The number of fused-ring (bicyclic) bond motifs is 1. The molecule has 1 N–H and O–H groups in total. The van der Waals surface area contributed by atoms with Crippen molar-refractivity contribution >= 4 is 58.3 Å². The van der Waals surface area contributed by atoms with Gasteiger partial charge < -0.3 is 10.1 Å². The summed E-state index contributed by atoms with van der Waals surface area (Å²) < 4.78 is 5.07. The van der Waals surface area contributed by atoms with Crippen LogP contribution in [0, 0.1) is 11.8 Å². The Morgan fingerprint density at radius 1 is 1.00 bits per heavy atom. The lowest BCUT2D eigenvalue weighted by molar-refractivity contribution is -0.122. The number of halogens is 2. The van der Waals surface area contributed by atoms with Crippen LogP contribution in [0.5, 0.6) is 0 Å². The molecule has 1 aliphatic heterocycles. The van der Waals surface area contributed by atoms with Gasteiger partial charge in [0.15, 0.2) is 6.61 Å². The summed E-state index contributed by atoms with van der Waals surface area (Å²) in [5.41, 5.74) is 0.716. The number of imide groups is 1. The molecule has 2 atom stereocenters. The predicted molar refractivity (Wildman–Crippen MR) is 120 cm³/mol. The Balaban J connectivity index is 1.41. The van der Waals surface area contributed by atoms with Crippen molar-refractivity contribution in [2.75, 3.05) is 16.8 Å². The van der Waals surface area contributed by atoms with Crippen LogP contribution in [0.3, 0.4) is 0 Å². The fourth-order valence-electron chi connectivity index (χ4n) is 3.83. The van der Waals surface area contributed by atoms with Gasteiger partial charge in [-0.25, -0.2) is 4.79 Å². The molecule has 1 saturated heterocycles. The number of rotatable bonds is 5. The lowest BCUT2D eigenvalue weighted by Gasteiger charge is -2.15. The molecule has 0 saturated carbocycles. The summed E-state index contributed by atoms with van der Waals surface area (Å²) in [5.74, 6) is -2.65. The Bertz CT molecular complexity index is 1120. The maximum Gasteiger partial charge on any atom is 0.338 e. The number of carbonyl (C=O) groups excluding carboxylic acids is 4. The van der Waals surface area contributed by atoms with Crippen molar-refractivity contribution in [2.45, 2.75) is 12.8 Å². The van der Waals surface area contributed by atoms with Crippen LogP contribution in [0.25, 0.3) is 0 Å². The second-order valence-corrected chi connectivity index (χ2v) is 8.23. The van der Waals surface area contributed by atoms with Gasteiger partial charge in [-0.05, 0) is 43.2 Å². The van der Waals surface area contributed by atoms with Gasteiger partial charge in [-0.3, -0.25) is 19.3 Å². The molecular formula is C23H18Cl2N2O5. The van der Waals surface area contributed by atoms with E-state index in [9.17, 15) is 19.2 Å². The molecule has 0 bridgehead atoms. The third kappa shape index (κ3) is 4.26. The van der Waals surface area contributed by atoms with Crippen molar-refractivity contribution in [1.82, 2.24) is 0 Å². The first-order chi connectivity index (χ1) is 15.4. The highest BCUT2D eigenvalue weighted by Crippen LogP contribution is 2.37. The van der Waals surface area contributed by atoms with Crippen LogP contribution >= 0.6 is 23.2 Å². The molecule has 32 heavy (non-hydrogen) atoms. The lowest BCUT2D eigenvalue weighted by Crippen LogP contribution is -2.31. The highest BCUT2D eigenvalue weighted by atomic mass is 35.5. The fourth-order valence-corrected chi connectivity index (χ4v) is 4.18. The van der Waals surface area contributed by atoms with Crippen LogP contribution in [0.2, 0.25) is 10.0 Å². The molecule has 3 amide bonds.